The zero-order chi connectivity index (χ0) is 13.0. The van der Waals surface area contributed by atoms with E-state index in [4.69, 9.17) is 10.8 Å². The van der Waals surface area contributed by atoms with Gasteiger partial charge < -0.3 is 16.2 Å². The molecule has 0 saturated carbocycles. The monoisotopic (exact) mass is 243 g/mol. The average Bonchev–Trinajstić information content (AvgIpc) is 2.27. The Kier molecular flexibility index (Phi) is 4.07. The van der Waals surface area contributed by atoms with Gasteiger partial charge in [-0.1, -0.05) is 0 Å². The van der Waals surface area contributed by atoms with Crippen LogP contribution in [0.5, 0.6) is 0 Å². The third-order valence-electron chi connectivity index (χ3n) is 1.95. The molecule has 0 fully saturated rings. The number of nitro groups is 1. The highest BCUT2D eigenvalue weighted by Crippen LogP contribution is 2.24. The fourth-order valence-corrected chi connectivity index (χ4v) is 1.08. The summed E-state index contributed by atoms with van der Waals surface area (Å²) in [5, 5.41) is 21.3. The van der Waals surface area contributed by atoms with E-state index in [1.165, 1.54) is 0 Å². The summed E-state index contributed by atoms with van der Waals surface area (Å²) in [6.07, 6.45) is 0. The third kappa shape index (κ3) is 3.20. The van der Waals surface area contributed by atoms with Crippen LogP contribution in [0.4, 0.5) is 15.8 Å². The topological polar surface area (TPSA) is 118 Å². The van der Waals surface area contributed by atoms with Gasteiger partial charge in [0.1, 0.15) is 17.5 Å². The maximum atomic E-state index is 12.9. The molecule has 0 saturated heterocycles. The normalized spacial score (nSPS) is 11.9. The second kappa shape index (κ2) is 5.32. The molecule has 1 rings (SSSR count). The Bertz CT molecular complexity index is 452. The minimum Gasteiger partial charge on any atom is -0.394 e. The summed E-state index contributed by atoms with van der Waals surface area (Å²) in [5.41, 5.74) is 4.45. The molecule has 1 unspecified atom stereocenters. The van der Waals surface area contributed by atoms with E-state index in [9.17, 15) is 19.3 Å². The second-order valence-electron chi connectivity index (χ2n) is 3.20. The van der Waals surface area contributed by atoms with Gasteiger partial charge in [-0.2, -0.15) is 0 Å². The number of nitro benzene ring substituents is 1. The molecule has 92 valence electrons. The van der Waals surface area contributed by atoms with Gasteiger partial charge in [-0.3, -0.25) is 14.9 Å². The van der Waals surface area contributed by atoms with Gasteiger partial charge in [0.15, 0.2) is 0 Å². The van der Waals surface area contributed by atoms with Crippen molar-refractivity contribution in [3.63, 3.8) is 0 Å². The Hall–Kier alpha value is -2.06. The summed E-state index contributed by atoms with van der Waals surface area (Å²) in [6, 6.07) is 1.41. The van der Waals surface area contributed by atoms with Crippen molar-refractivity contribution in [2.75, 3.05) is 11.9 Å². The number of aliphatic hydroxyl groups is 1. The van der Waals surface area contributed by atoms with Crippen molar-refractivity contribution in [3.05, 3.63) is 34.1 Å². The largest absolute Gasteiger partial charge is 0.394 e. The van der Waals surface area contributed by atoms with Crippen LogP contribution in [0.25, 0.3) is 0 Å². The van der Waals surface area contributed by atoms with E-state index in [1.807, 2.05) is 0 Å². The number of carbonyl (C=O) groups is 1. The number of nitrogens with zero attached hydrogens (tertiary/aromatic N) is 1. The Morgan fingerprint density at radius 1 is 1.65 bits per heavy atom. The zero-order valence-electron chi connectivity index (χ0n) is 8.59. The van der Waals surface area contributed by atoms with E-state index in [-0.39, 0.29) is 5.69 Å². The van der Waals surface area contributed by atoms with Crippen LogP contribution in [0, 0.1) is 15.9 Å². The molecule has 0 heterocycles. The van der Waals surface area contributed by atoms with Gasteiger partial charge in [0, 0.05) is 12.1 Å². The van der Waals surface area contributed by atoms with Gasteiger partial charge in [-0.05, 0) is 6.07 Å². The molecule has 0 bridgehead atoms. The number of hydrogen-bond acceptors (Lipinski definition) is 5. The lowest BCUT2D eigenvalue weighted by atomic mass is 10.2. The van der Waals surface area contributed by atoms with E-state index >= 15 is 0 Å². The average molecular weight is 243 g/mol. The van der Waals surface area contributed by atoms with Gasteiger partial charge in [-0.25, -0.2) is 4.39 Å². The molecule has 1 aromatic rings. The highest BCUT2D eigenvalue weighted by Gasteiger charge is 2.19. The standard InChI is InChI=1S/C9H10FN3O4/c10-5-1-2-8(13(16)17)7(3-5)12-9(15)6(11)4-14/h1-3,6,14H,4,11H2,(H,12,15). The van der Waals surface area contributed by atoms with Gasteiger partial charge in [0.05, 0.1) is 11.5 Å². The Morgan fingerprint density at radius 3 is 2.82 bits per heavy atom. The van der Waals surface area contributed by atoms with Crippen LogP contribution in [-0.4, -0.2) is 28.6 Å². The van der Waals surface area contributed by atoms with Crippen molar-refractivity contribution < 1.29 is 19.2 Å². The fraction of sp³-hybridized carbons (Fsp3) is 0.222. The Morgan fingerprint density at radius 2 is 2.29 bits per heavy atom. The number of rotatable bonds is 4. The van der Waals surface area contributed by atoms with Crippen molar-refractivity contribution in [2.24, 2.45) is 5.73 Å². The predicted molar refractivity (Wildman–Crippen MR) is 56.7 cm³/mol. The molecule has 0 aliphatic heterocycles. The van der Waals surface area contributed by atoms with Gasteiger partial charge in [0.25, 0.3) is 5.69 Å². The quantitative estimate of drug-likeness (QED) is 0.507. The highest BCUT2D eigenvalue weighted by molar-refractivity contribution is 5.96. The lowest BCUT2D eigenvalue weighted by Gasteiger charge is -2.09. The van der Waals surface area contributed by atoms with Crippen molar-refractivity contribution in [1.82, 2.24) is 0 Å². The van der Waals surface area contributed by atoms with Crippen LogP contribution in [0.1, 0.15) is 0 Å². The molecule has 0 aromatic heterocycles. The first-order valence-electron chi connectivity index (χ1n) is 4.57. The Labute approximate surface area is 95.2 Å². The van der Waals surface area contributed by atoms with E-state index in [0.29, 0.717) is 0 Å². The summed E-state index contributed by atoms with van der Waals surface area (Å²) in [7, 11) is 0. The number of halogens is 1. The molecule has 1 atom stereocenters. The molecule has 7 nitrogen and oxygen atoms in total. The number of nitrogens with two attached hydrogens (primary N) is 1. The first-order chi connectivity index (χ1) is 7.95. The van der Waals surface area contributed by atoms with Gasteiger partial charge >= 0.3 is 0 Å². The summed E-state index contributed by atoms with van der Waals surface area (Å²) >= 11 is 0. The number of benzene rings is 1. The maximum absolute atomic E-state index is 12.9. The molecular weight excluding hydrogens is 233 g/mol. The van der Waals surface area contributed by atoms with Crippen molar-refractivity contribution >= 4 is 17.3 Å². The van der Waals surface area contributed by atoms with Crippen molar-refractivity contribution in [3.8, 4) is 0 Å². The molecule has 0 radical (unpaired) electrons. The van der Waals surface area contributed by atoms with E-state index < -0.39 is 35.0 Å². The third-order valence-corrected chi connectivity index (χ3v) is 1.95. The number of anilines is 1. The summed E-state index contributed by atoms with van der Waals surface area (Å²) in [6.45, 7) is -0.616. The van der Waals surface area contributed by atoms with Crippen LogP contribution in [0.2, 0.25) is 0 Å². The van der Waals surface area contributed by atoms with Crippen molar-refractivity contribution in [2.45, 2.75) is 6.04 Å². The number of carbonyl (C=O) groups excluding carboxylic acids is 1. The minimum absolute atomic E-state index is 0.302. The SMILES string of the molecule is NC(CO)C(=O)Nc1cc(F)ccc1[N+](=O)[O-]. The van der Waals surface area contributed by atoms with Crippen LogP contribution < -0.4 is 11.1 Å². The molecule has 1 aromatic carbocycles. The molecular formula is C9H10FN3O4. The van der Waals surface area contributed by atoms with Crippen LogP contribution in [-0.2, 0) is 4.79 Å². The fourth-order valence-electron chi connectivity index (χ4n) is 1.08. The first kappa shape index (κ1) is 13.0. The van der Waals surface area contributed by atoms with Gasteiger partial charge in [-0.15, -0.1) is 0 Å². The number of hydrogen-bond donors (Lipinski definition) is 3. The highest BCUT2D eigenvalue weighted by atomic mass is 19.1. The molecule has 8 heteroatoms. The lowest BCUT2D eigenvalue weighted by Crippen LogP contribution is -2.38. The van der Waals surface area contributed by atoms with Crippen LogP contribution in [0.3, 0.4) is 0 Å². The minimum atomic E-state index is -1.22. The first-order valence-corrected chi connectivity index (χ1v) is 4.57. The maximum Gasteiger partial charge on any atom is 0.292 e. The zero-order valence-corrected chi connectivity index (χ0v) is 8.59. The molecule has 0 spiro atoms. The number of amides is 1. The lowest BCUT2D eigenvalue weighted by molar-refractivity contribution is -0.384. The number of nitrogens with one attached hydrogen (secondary N) is 1. The van der Waals surface area contributed by atoms with E-state index in [2.05, 4.69) is 5.32 Å². The molecule has 0 aliphatic carbocycles. The summed E-state index contributed by atoms with van der Waals surface area (Å²) < 4.78 is 12.9. The molecule has 4 N–H and O–H groups in total. The Balaban J connectivity index is 3.00. The van der Waals surface area contributed by atoms with Gasteiger partial charge in [0.2, 0.25) is 5.91 Å². The molecule has 1 amide bonds. The molecule has 17 heavy (non-hydrogen) atoms. The van der Waals surface area contributed by atoms with E-state index in [0.717, 1.165) is 18.2 Å². The summed E-state index contributed by atoms with van der Waals surface area (Å²) in [4.78, 5) is 21.1. The van der Waals surface area contributed by atoms with E-state index in [1.54, 1.807) is 0 Å². The summed E-state index contributed by atoms with van der Waals surface area (Å²) in [5.74, 6) is -1.57. The van der Waals surface area contributed by atoms with Crippen molar-refractivity contribution in [1.29, 1.82) is 0 Å². The second-order valence-corrected chi connectivity index (χ2v) is 3.20. The smallest absolute Gasteiger partial charge is 0.292 e. The molecule has 0 aliphatic rings. The predicted octanol–water partition coefficient (Wildman–Crippen LogP) is -0.00800. The van der Waals surface area contributed by atoms with Crippen LogP contribution >= 0.6 is 0 Å². The number of aliphatic hydroxyl groups excluding tert-OH is 1. The van der Waals surface area contributed by atoms with Crippen LogP contribution in [0.15, 0.2) is 18.2 Å².